The molecule has 0 aliphatic rings. The smallest absolute Gasteiger partial charge is 0.243 e. The maximum atomic E-state index is 11.8. The molecule has 0 aromatic heterocycles. The summed E-state index contributed by atoms with van der Waals surface area (Å²) in [6.07, 6.45) is 7.54. The average molecular weight is 453 g/mol. The number of hydrogen-bond donors (Lipinski definition) is 5. The Hall–Kier alpha value is -1.61. The second-order valence-electron chi connectivity index (χ2n) is 7.52. The van der Waals surface area contributed by atoms with Crippen LogP contribution in [0.1, 0.15) is 57.8 Å². The number of amides is 2. The molecule has 0 spiro atoms. The van der Waals surface area contributed by atoms with Crippen molar-refractivity contribution in [2.24, 2.45) is 0 Å². The third-order valence-corrected chi connectivity index (χ3v) is 5.80. The van der Waals surface area contributed by atoms with Crippen molar-refractivity contribution >= 4 is 23.6 Å². The Morgan fingerprint density at radius 2 is 1.32 bits per heavy atom. The minimum Gasteiger partial charge on any atom is -0.356 e. The molecule has 0 bridgehead atoms. The van der Waals surface area contributed by atoms with Crippen LogP contribution in [0, 0.1) is 0 Å². The van der Waals surface area contributed by atoms with Crippen LogP contribution >= 0.6 is 11.8 Å². The van der Waals surface area contributed by atoms with Gasteiger partial charge in [0.1, 0.15) is 0 Å². The molecule has 1 aromatic carbocycles. The highest BCUT2D eigenvalue weighted by Gasteiger charge is 2.02. The lowest BCUT2D eigenvalue weighted by atomic mass is 10.1. The van der Waals surface area contributed by atoms with Crippen LogP contribution in [0.25, 0.3) is 0 Å². The first kappa shape index (κ1) is 27.4. The first-order valence-electron chi connectivity index (χ1n) is 11.5. The van der Waals surface area contributed by atoms with Crippen LogP contribution in [0.2, 0.25) is 0 Å². The summed E-state index contributed by atoms with van der Waals surface area (Å²) < 4.78 is 0. The van der Waals surface area contributed by atoms with Crippen LogP contribution in [0.5, 0.6) is 0 Å². The van der Waals surface area contributed by atoms with Gasteiger partial charge in [-0.25, -0.2) is 5.48 Å². The summed E-state index contributed by atoms with van der Waals surface area (Å²) in [6, 6.07) is 10.5. The number of carbonyl (C=O) groups is 2. The summed E-state index contributed by atoms with van der Waals surface area (Å²) in [5.41, 5.74) is 1.62. The van der Waals surface area contributed by atoms with Crippen molar-refractivity contribution in [3.63, 3.8) is 0 Å². The fourth-order valence-electron chi connectivity index (χ4n) is 3.02. The van der Waals surface area contributed by atoms with Gasteiger partial charge in [-0.2, -0.15) is 0 Å². The van der Waals surface area contributed by atoms with Gasteiger partial charge in [0.05, 0.1) is 0 Å². The Morgan fingerprint density at radius 3 is 2.00 bits per heavy atom. The van der Waals surface area contributed by atoms with Gasteiger partial charge >= 0.3 is 0 Å². The number of benzene rings is 1. The summed E-state index contributed by atoms with van der Waals surface area (Å²) >= 11 is 1.89. The molecule has 2 amide bonds. The van der Waals surface area contributed by atoms with Crippen molar-refractivity contribution in [3.8, 4) is 0 Å². The predicted molar refractivity (Wildman–Crippen MR) is 127 cm³/mol. The van der Waals surface area contributed by atoms with E-state index >= 15 is 0 Å². The van der Waals surface area contributed by atoms with Crippen LogP contribution in [0.3, 0.4) is 0 Å². The van der Waals surface area contributed by atoms with Crippen LogP contribution in [-0.4, -0.2) is 55.5 Å². The number of thioether (sulfide) groups is 1. The third kappa shape index (κ3) is 17.7. The fourth-order valence-corrected chi connectivity index (χ4v) is 3.85. The van der Waals surface area contributed by atoms with Crippen molar-refractivity contribution in [1.82, 2.24) is 21.4 Å². The average Bonchev–Trinajstić information content (AvgIpc) is 2.79. The summed E-state index contributed by atoms with van der Waals surface area (Å²) in [4.78, 5) is 23.9. The zero-order valence-corrected chi connectivity index (χ0v) is 19.5. The number of carbonyl (C=O) groups excluding carboxylic acids is 2. The van der Waals surface area contributed by atoms with E-state index in [0.717, 1.165) is 70.5 Å². The number of hydrogen-bond acceptors (Lipinski definition) is 6. The second kappa shape index (κ2) is 20.3. The van der Waals surface area contributed by atoms with Gasteiger partial charge in [-0.3, -0.25) is 14.8 Å². The molecule has 0 saturated carbocycles. The SMILES string of the molecule is O=C(CCCCCCC(=O)NCCCNCCCCNCCSc1ccccc1)NO. The second-order valence-corrected chi connectivity index (χ2v) is 8.69. The maximum Gasteiger partial charge on any atom is 0.243 e. The number of unbranched alkanes of at least 4 members (excludes halogenated alkanes) is 4. The van der Waals surface area contributed by atoms with Crippen LogP contribution in [0.15, 0.2) is 35.2 Å². The Bertz CT molecular complexity index is 575. The lowest BCUT2D eigenvalue weighted by Gasteiger charge is -2.07. The van der Waals surface area contributed by atoms with Crippen molar-refractivity contribution in [2.75, 3.05) is 38.5 Å². The molecule has 31 heavy (non-hydrogen) atoms. The molecule has 0 saturated heterocycles. The minimum atomic E-state index is -0.350. The normalized spacial score (nSPS) is 10.7. The Kier molecular flexibility index (Phi) is 18.0. The van der Waals surface area contributed by atoms with Gasteiger partial charge in [0.2, 0.25) is 11.8 Å². The molecule has 1 aromatic rings. The van der Waals surface area contributed by atoms with E-state index in [-0.39, 0.29) is 11.8 Å². The van der Waals surface area contributed by atoms with Gasteiger partial charge in [0.25, 0.3) is 0 Å². The topological polar surface area (TPSA) is 102 Å². The van der Waals surface area contributed by atoms with E-state index < -0.39 is 0 Å². The summed E-state index contributed by atoms with van der Waals surface area (Å²) in [5.74, 6) is 0.846. The summed E-state index contributed by atoms with van der Waals surface area (Å²) in [5, 5.41) is 18.3. The zero-order valence-electron chi connectivity index (χ0n) is 18.7. The number of rotatable bonds is 20. The lowest BCUT2D eigenvalue weighted by molar-refractivity contribution is -0.129. The highest BCUT2D eigenvalue weighted by molar-refractivity contribution is 7.99. The highest BCUT2D eigenvalue weighted by atomic mass is 32.2. The van der Waals surface area contributed by atoms with Gasteiger partial charge in [-0.1, -0.05) is 31.0 Å². The molecule has 0 fully saturated rings. The van der Waals surface area contributed by atoms with E-state index in [1.54, 1.807) is 5.48 Å². The molecular formula is C23H40N4O3S. The van der Waals surface area contributed by atoms with Gasteiger partial charge in [0, 0.05) is 36.6 Å². The summed E-state index contributed by atoms with van der Waals surface area (Å²) in [6.45, 7) is 4.75. The summed E-state index contributed by atoms with van der Waals surface area (Å²) in [7, 11) is 0. The monoisotopic (exact) mass is 452 g/mol. The van der Waals surface area contributed by atoms with Gasteiger partial charge in [-0.15, -0.1) is 11.8 Å². The Morgan fingerprint density at radius 1 is 0.710 bits per heavy atom. The molecule has 176 valence electrons. The van der Waals surface area contributed by atoms with E-state index in [1.807, 2.05) is 17.8 Å². The molecule has 0 radical (unpaired) electrons. The molecule has 5 N–H and O–H groups in total. The molecular weight excluding hydrogens is 412 g/mol. The first-order valence-corrected chi connectivity index (χ1v) is 12.5. The maximum absolute atomic E-state index is 11.8. The Labute approximate surface area is 191 Å². The fraction of sp³-hybridized carbons (Fsp3) is 0.652. The number of hydroxylamine groups is 1. The van der Waals surface area contributed by atoms with Crippen LogP contribution < -0.4 is 21.4 Å². The highest BCUT2D eigenvalue weighted by Crippen LogP contribution is 2.15. The van der Waals surface area contributed by atoms with E-state index in [0.29, 0.717) is 19.4 Å². The quantitative estimate of drug-likeness (QED) is 0.0902. The van der Waals surface area contributed by atoms with Crippen molar-refractivity contribution in [1.29, 1.82) is 0 Å². The molecule has 0 heterocycles. The molecule has 0 aliphatic carbocycles. The van der Waals surface area contributed by atoms with E-state index in [9.17, 15) is 9.59 Å². The van der Waals surface area contributed by atoms with Crippen molar-refractivity contribution in [3.05, 3.63) is 30.3 Å². The molecule has 8 heteroatoms. The van der Waals surface area contributed by atoms with Gasteiger partial charge in [0.15, 0.2) is 0 Å². The van der Waals surface area contributed by atoms with E-state index in [4.69, 9.17) is 5.21 Å². The molecule has 1 rings (SSSR count). The molecule has 0 atom stereocenters. The molecule has 0 aliphatic heterocycles. The van der Waals surface area contributed by atoms with Crippen LogP contribution in [-0.2, 0) is 9.59 Å². The third-order valence-electron chi connectivity index (χ3n) is 4.78. The van der Waals surface area contributed by atoms with Crippen molar-refractivity contribution in [2.45, 2.75) is 62.7 Å². The number of nitrogens with one attached hydrogen (secondary N) is 4. The van der Waals surface area contributed by atoms with Gasteiger partial charge < -0.3 is 16.0 Å². The minimum absolute atomic E-state index is 0.101. The van der Waals surface area contributed by atoms with E-state index in [2.05, 4.69) is 40.2 Å². The zero-order chi connectivity index (χ0) is 22.4. The van der Waals surface area contributed by atoms with Gasteiger partial charge in [-0.05, 0) is 63.9 Å². The molecule has 0 unspecified atom stereocenters. The van der Waals surface area contributed by atoms with Crippen molar-refractivity contribution < 1.29 is 14.8 Å². The Balaban J connectivity index is 1.75. The predicted octanol–water partition coefficient (Wildman–Crippen LogP) is 3.09. The first-order chi connectivity index (χ1) is 15.2. The molecule has 7 nitrogen and oxygen atoms in total. The van der Waals surface area contributed by atoms with E-state index in [1.165, 1.54) is 11.3 Å². The largest absolute Gasteiger partial charge is 0.356 e. The van der Waals surface area contributed by atoms with Crippen LogP contribution in [0.4, 0.5) is 0 Å². The lowest BCUT2D eigenvalue weighted by Crippen LogP contribution is -2.27. The standard InChI is InChI=1S/C23H40N4O3S/c28-22(13-6-1-2-7-14-23(29)27-30)26-18-10-17-24-15-8-9-16-25-19-20-31-21-11-4-3-5-12-21/h3-5,11-12,24-25,30H,1-2,6-10,13-20H2,(H,26,28)(H,27,29).